The molecule has 0 aliphatic rings. The van der Waals surface area contributed by atoms with Crippen LogP contribution < -0.4 is 16.0 Å². The fourth-order valence-corrected chi connectivity index (χ4v) is 2.93. The van der Waals surface area contributed by atoms with Crippen LogP contribution in [0.5, 0.6) is 5.75 Å². The Morgan fingerprint density at radius 3 is 2.83 bits per heavy atom. The van der Waals surface area contributed by atoms with Crippen LogP contribution in [0.1, 0.15) is 16.5 Å². The van der Waals surface area contributed by atoms with E-state index in [1.54, 1.807) is 18.4 Å². The van der Waals surface area contributed by atoms with Crippen molar-refractivity contribution in [2.45, 2.75) is 12.5 Å². The molecular weight excluding hydrogens is 268 g/mol. The van der Waals surface area contributed by atoms with Crippen molar-refractivity contribution in [3.8, 4) is 5.75 Å². The molecule has 96 valence electrons. The van der Waals surface area contributed by atoms with Crippen molar-refractivity contribution in [3.05, 3.63) is 51.2 Å². The second kappa shape index (κ2) is 6.20. The van der Waals surface area contributed by atoms with Gasteiger partial charge in [-0.1, -0.05) is 23.7 Å². The number of nitrogens with two attached hydrogens (primary N) is 1. The van der Waals surface area contributed by atoms with Crippen LogP contribution in [0.2, 0.25) is 4.34 Å². The molecule has 3 nitrogen and oxygen atoms in total. The van der Waals surface area contributed by atoms with E-state index in [-0.39, 0.29) is 6.04 Å². The molecule has 1 unspecified atom stereocenters. The third-order valence-corrected chi connectivity index (χ3v) is 3.98. The Balaban J connectivity index is 2.17. The van der Waals surface area contributed by atoms with Gasteiger partial charge in [-0.3, -0.25) is 11.3 Å². The minimum Gasteiger partial charge on any atom is -0.497 e. The van der Waals surface area contributed by atoms with Gasteiger partial charge in [-0.25, -0.2) is 0 Å². The molecule has 0 aliphatic carbocycles. The Bertz CT molecular complexity index is 515. The Hall–Kier alpha value is -1.07. The van der Waals surface area contributed by atoms with Gasteiger partial charge in [-0.15, -0.1) is 11.3 Å². The molecule has 0 radical (unpaired) electrons. The number of hydrogen-bond acceptors (Lipinski definition) is 4. The summed E-state index contributed by atoms with van der Waals surface area (Å²) in [4.78, 5) is 1.20. The number of nitrogens with one attached hydrogen (secondary N) is 1. The molecule has 0 spiro atoms. The number of benzene rings is 1. The monoisotopic (exact) mass is 282 g/mol. The molecule has 0 aliphatic heterocycles. The zero-order chi connectivity index (χ0) is 13.0. The predicted molar refractivity (Wildman–Crippen MR) is 76.1 cm³/mol. The normalized spacial score (nSPS) is 12.4. The van der Waals surface area contributed by atoms with Gasteiger partial charge in [-0.2, -0.15) is 0 Å². The Morgan fingerprint density at radius 2 is 2.22 bits per heavy atom. The van der Waals surface area contributed by atoms with Crippen LogP contribution in [-0.4, -0.2) is 7.11 Å². The van der Waals surface area contributed by atoms with E-state index >= 15 is 0 Å². The van der Waals surface area contributed by atoms with Crippen molar-refractivity contribution in [1.29, 1.82) is 0 Å². The molecule has 0 amide bonds. The highest BCUT2D eigenvalue weighted by Gasteiger charge is 2.12. The van der Waals surface area contributed by atoms with E-state index in [4.69, 9.17) is 22.2 Å². The van der Waals surface area contributed by atoms with Crippen molar-refractivity contribution in [1.82, 2.24) is 5.43 Å². The summed E-state index contributed by atoms with van der Waals surface area (Å²) in [6.45, 7) is 0. The first-order chi connectivity index (χ1) is 8.72. The highest BCUT2D eigenvalue weighted by Crippen LogP contribution is 2.27. The molecule has 0 saturated carbocycles. The zero-order valence-electron chi connectivity index (χ0n) is 10.0. The molecule has 1 heterocycles. The summed E-state index contributed by atoms with van der Waals surface area (Å²) < 4.78 is 6.01. The Kier molecular flexibility index (Phi) is 4.60. The minimum atomic E-state index is 0.0508. The molecule has 0 saturated heterocycles. The summed E-state index contributed by atoms with van der Waals surface area (Å²) >= 11 is 7.50. The largest absolute Gasteiger partial charge is 0.497 e. The standard InChI is InChI=1S/C13H15ClN2OS/c1-17-10-4-2-3-9(7-10)12(16-15)8-11-5-6-13(14)18-11/h2-7,12,16H,8,15H2,1H3. The van der Waals surface area contributed by atoms with Gasteiger partial charge in [0.05, 0.1) is 17.5 Å². The van der Waals surface area contributed by atoms with Crippen molar-refractivity contribution in [3.63, 3.8) is 0 Å². The van der Waals surface area contributed by atoms with E-state index in [2.05, 4.69) is 5.43 Å². The number of thiophene rings is 1. The molecule has 1 atom stereocenters. The number of ether oxygens (including phenoxy) is 1. The average molecular weight is 283 g/mol. The highest BCUT2D eigenvalue weighted by molar-refractivity contribution is 7.16. The van der Waals surface area contributed by atoms with Crippen molar-refractivity contribution in [2.24, 2.45) is 5.84 Å². The summed E-state index contributed by atoms with van der Waals surface area (Å²) in [5, 5.41) is 0. The Labute approximate surface area is 116 Å². The smallest absolute Gasteiger partial charge is 0.119 e. The van der Waals surface area contributed by atoms with E-state index in [1.165, 1.54) is 4.88 Å². The molecule has 0 fully saturated rings. The van der Waals surface area contributed by atoms with E-state index in [0.717, 1.165) is 22.1 Å². The maximum atomic E-state index is 5.93. The number of halogens is 1. The molecular formula is C13H15ClN2OS. The van der Waals surface area contributed by atoms with Gasteiger partial charge in [-0.05, 0) is 29.8 Å². The number of hydrogen-bond donors (Lipinski definition) is 2. The maximum Gasteiger partial charge on any atom is 0.119 e. The van der Waals surface area contributed by atoms with Crippen LogP contribution >= 0.6 is 22.9 Å². The van der Waals surface area contributed by atoms with E-state index in [9.17, 15) is 0 Å². The molecule has 1 aromatic carbocycles. The first-order valence-electron chi connectivity index (χ1n) is 5.57. The quantitative estimate of drug-likeness (QED) is 0.654. The van der Waals surface area contributed by atoms with Crippen molar-refractivity contribution < 1.29 is 4.74 Å². The number of methoxy groups -OCH3 is 1. The second-order valence-electron chi connectivity index (χ2n) is 3.91. The molecule has 0 bridgehead atoms. The number of rotatable bonds is 5. The first-order valence-corrected chi connectivity index (χ1v) is 6.76. The predicted octanol–water partition coefficient (Wildman–Crippen LogP) is 3.16. The number of hydrazine groups is 1. The fourth-order valence-electron chi connectivity index (χ4n) is 1.79. The van der Waals surface area contributed by atoms with Crippen LogP contribution in [-0.2, 0) is 6.42 Å². The zero-order valence-corrected chi connectivity index (χ0v) is 11.6. The van der Waals surface area contributed by atoms with Crippen LogP contribution in [0.15, 0.2) is 36.4 Å². The van der Waals surface area contributed by atoms with Gasteiger partial charge in [0, 0.05) is 11.3 Å². The van der Waals surface area contributed by atoms with Crippen LogP contribution in [0.3, 0.4) is 0 Å². The first kappa shape index (κ1) is 13.4. The lowest BCUT2D eigenvalue weighted by atomic mass is 10.0. The SMILES string of the molecule is COc1cccc(C(Cc2ccc(Cl)s2)NN)c1. The third kappa shape index (κ3) is 3.23. The van der Waals surface area contributed by atoms with Gasteiger partial charge in [0.2, 0.25) is 0 Å². The summed E-state index contributed by atoms with van der Waals surface area (Å²) in [7, 11) is 1.66. The summed E-state index contributed by atoms with van der Waals surface area (Å²) in [5.74, 6) is 6.46. The van der Waals surface area contributed by atoms with Crippen LogP contribution in [0.4, 0.5) is 0 Å². The van der Waals surface area contributed by atoms with Crippen LogP contribution in [0.25, 0.3) is 0 Å². The topological polar surface area (TPSA) is 47.3 Å². The van der Waals surface area contributed by atoms with E-state index in [0.29, 0.717) is 0 Å². The molecule has 2 aromatic rings. The summed E-state index contributed by atoms with van der Waals surface area (Å²) in [5.41, 5.74) is 3.93. The second-order valence-corrected chi connectivity index (χ2v) is 5.71. The molecule has 18 heavy (non-hydrogen) atoms. The van der Waals surface area contributed by atoms with Gasteiger partial charge in [0.15, 0.2) is 0 Å². The lowest BCUT2D eigenvalue weighted by molar-refractivity contribution is 0.413. The van der Waals surface area contributed by atoms with E-state index < -0.39 is 0 Å². The average Bonchev–Trinajstić information content (AvgIpc) is 2.81. The minimum absolute atomic E-state index is 0.0508. The van der Waals surface area contributed by atoms with Gasteiger partial charge in [0.1, 0.15) is 5.75 Å². The highest BCUT2D eigenvalue weighted by atomic mass is 35.5. The molecule has 2 rings (SSSR count). The van der Waals surface area contributed by atoms with Crippen LogP contribution in [0, 0.1) is 0 Å². The molecule has 5 heteroatoms. The fraction of sp³-hybridized carbons (Fsp3) is 0.231. The van der Waals surface area contributed by atoms with Crippen molar-refractivity contribution in [2.75, 3.05) is 7.11 Å². The van der Waals surface area contributed by atoms with Gasteiger partial charge >= 0.3 is 0 Å². The lowest BCUT2D eigenvalue weighted by Crippen LogP contribution is -2.29. The Morgan fingerprint density at radius 1 is 1.39 bits per heavy atom. The summed E-state index contributed by atoms with van der Waals surface area (Å²) in [6.07, 6.45) is 0.807. The van der Waals surface area contributed by atoms with Gasteiger partial charge < -0.3 is 4.74 Å². The van der Waals surface area contributed by atoms with E-state index in [1.807, 2.05) is 36.4 Å². The molecule has 1 aromatic heterocycles. The summed E-state index contributed by atoms with van der Waals surface area (Å²) in [6, 6.07) is 11.9. The molecule has 3 N–H and O–H groups in total. The third-order valence-electron chi connectivity index (χ3n) is 2.73. The van der Waals surface area contributed by atoms with Crippen molar-refractivity contribution >= 4 is 22.9 Å². The maximum absolute atomic E-state index is 5.93. The lowest BCUT2D eigenvalue weighted by Gasteiger charge is -2.16. The van der Waals surface area contributed by atoms with Gasteiger partial charge in [0.25, 0.3) is 0 Å².